The molecular weight excluding hydrogens is 242 g/mol. The van der Waals surface area contributed by atoms with Gasteiger partial charge in [0.25, 0.3) is 0 Å². The summed E-state index contributed by atoms with van der Waals surface area (Å²) in [6, 6.07) is 7.33. The number of nitrogens with one attached hydrogen (secondary N) is 2. The van der Waals surface area contributed by atoms with E-state index in [1.54, 1.807) is 7.11 Å². The minimum Gasteiger partial charge on any atom is -0.495 e. The van der Waals surface area contributed by atoms with Crippen LogP contribution in [0.4, 0.5) is 5.69 Å². The minimum absolute atomic E-state index is 0.0860. The van der Waals surface area contributed by atoms with Crippen LogP contribution in [-0.2, 0) is 11.2 Å². The summed E-state index contributed by atoms with van der Waals surface area (Å²) in [6.07, 6.45) is 0.298. The van der Waals surface area contributed by atoms with E-state index >= 15 is 0 Å². The maximum Gasteiger partial charge on any atom is 0.229 e. The number of benzene rings is 1. The van der Waals surface area contributed by atoms with Gasteiger partial charge in [0.05, 0.1) is 24.9 Å². The van der Waals surface area contributed by atoms with Crippen LogP contribution in [0.15, 0.2) is 24.3 Å². The van der Waals surface area contributed by atoms with E-state index in [0.29, 0.717) is 17.9 Å². The number of carbonyl (C=O) groups is 1. The lowest BCUT2D eigenvalue weighted by molar-refractivity contribution is -0.115. The lowest BCUT2D eigenvalue weighted by Gasteiger charge is -2.09. The fraction of sp³-hybridized carbons (Fsp3) is 0.286. The number of aryl methyl sites for hydroxylation is 2. The smallest absolute Gasteiger partial charge is 0.229 e. The van der Waals surface area contributed by atoms with Crippen LogP contribution in [0.1, 0.15) is 17.0 Å². The Morgan fingerprint density at radius 2 is 2.11 bits per heavy atom. The highest BCUT2D eigenvalue weighted by Gasteiger charge is 2.12. The third-order valence-electron chi connectivity index (χ3n) is 3.00. The average Bonchev–Trinajstić information content (AvgIpc) is 2.71. The van der Waals surface area contributed by atoms with Crippen molar-refractivity contribution >= 4 is 11.6 Å². The van der Waals surface area contributed by atoms with E-state index in [-0.39, 0.29) is 5.91 Å². The van der Waals surface area contributed by atoms with Gasteiger partial charge in [0, 0.05) is 11.3 Å². The summed E-state index contributed by atoms with van der Waals surface area (Å²) in [6.45, 7) is 3.79. The largest absolute Gasteiger partial charge is 0.495 e. The minimum atomic E-state index is -0.0860. The molecule has 0 radical (unpaired) electrons. The molecule has 2 N–H and O–H groups in total. The predicted octanol–water partition coefficient (Wildman–Crippen LogP) is 2.22. The van der Waals surface area contributed by atoms with E-state index < -0.39 is 0 Å². The molecule has 0 fully saturated rings. The molecule has 0 aliphatic heterocycles. The molecule has 0 spiro atoms. The second kappa shape index (κ2) is 5.56. The second-order valence-electron chi connectivity index (χ2n) is 4.34. The van der Waals surface area contributed by atoms with Gasteiger partial charge in [0.2, 0.25) is 5.91 Å². The van der Waals surface area contributed by atoms with Crippen LogP contribution < -0.4 is 10.1 Å². The second-order valence-corrected chi connectivity index (χ2v) is 4.34. The van der Waals surface area contributed by atoms with E-state index in [0.717, 1.165) is 17.0 Å². The number of H-pyrrole nitrogens is 1. The molecule has 0 aliphatic rings. The average molecular weight is 259 g/mol. The van der Waals surface area contributed by atoms with Gasteiger partial charge in [0.1, 0.15) is 5.75 Å². The van der Waals surface area contributed by atoms with Crippen molar-refractivity contribution in [2.45, 2.75) is 20.3 Å². The Morgan fingerprint density at radius 3 is 2.74 bits per heavy atom. The zero-order chi connectivity index (χ0) is 13.8. The van der Waals surface area contributed by atoms with E-state index in [9.17, 15) is 4.79 Å². The van der Waals surface area contributed by atoms with Gasteiger partial charge in [0.15, 0.2) is 0 Å². The highest BCUT2D eigenvalue weighted by Crippen LogP contribution is 2.23. The third kappa shape index (κ3) is 2.93. The van der Waals surface area contributed by atoms with Crippen LogP contribution in [0, 0.1) is 13.8 Å². The fourth-order valence-electron chi connectivity index (χ4n) is 1.94. The highest BCUT2D eigenvalue weighted by atomic mass is 16.5. The number of carbonyl (C=O) groups excluding carboxylic acids is 1. The van der Waals surface area contributed by atoms with Crippen LogP contribution in [0.2, 0.25) is 0 Å². The van der Waals surface area contributed by atoms with Gasteiger partial charge < -0.3 is 10.1 Å². The summed E-state index contributed by atoms with van der Waals surface area (Å²) >= 11 is 0. The van der Waals surface area contributed by atoms with Gasteiger partial charge >= 0.3 is 0 Å². The van der Waals surface area contributed by atoms with Gasteiger partial charge in [-0.1, -0.05) is 12.1 Å². The van der Waals surface area contributed by atoms with E-state index in [1.165, 1.54) is 0 Å². The van der Waals surface area contributed by atoms with Crippen molar-refractivity contribution in [2.75, 3.05) is 12.4 Å². The summed E-state index contributed by atoms with van der Waals surface area (Å²) in [5.41, 5.74) is 3.39. The van der Waals surface area contributed by atoms with Crippen molar-refractivity contribution in [3.8, 4) is 5.75 Å². The van der Waals surface area contributed by atoms with Crippen LogP contribution in [-0.4, -0.2) is 23.2 Å². The van der Waals surface area contributed by atoms with Crippen molar-refractivity contribution in [1.82, 2.24) is 10.2 Å². The maximum atomic E-state index is 12.0. The molecule has 100 valence electrons. The van der Waals surface area contributed by atoms with Crippen molar-refractivity contribution in [1.29, 1.82) is 0 Å². The van der Waals surface area contributed by atoms with Gasteiger partial charge in [-0.05, 0) is 26.0 Å². The first kappa shape index (κ1) is 13.1. The SMILES string of the molecule is COc1ccccc1NC(=O)Cc1c(C)n[nH]c1C. The van der Waals surface area contributed by atoms with Crippen LogP contribution >= 0.6 is 0 Å². The summed E-state index contributed by atoms with van der Waals surface area (Å²) < 4.78 is 5.20. The molecule has 0 saturated heterocycles. The molecule has 2 rings (SSSR count). The summed E-state index contributed by atoms with van der Waals surface area (Å²) in [5.74, 6) is 0.564. The number of aromatic amines is 1. The Balaban J connectivity index is 2.10. The van der Waals surface area contributed by atoms with Gasteiger partial charge in [-0.15, -0.1) is 0 Å². The van der Waals surface area contributed by atoms with Crippen LogP contribution in [0.3, 0.4) is 0 Å². The van der Waals surface area contributed by atoms with Gasteiger partial charge in [-0.3, -0.25) is 9.89 Å². The molecule has 0 unspecified atom stereocenters. The topological polar surface area (TPSA) is 67.0 Å². The Bertz CT molecular complexity index is 571. The van der Waals surface area contributed by atoms with Crippen LogP contribution in [0.25, 0.3) is 0 Å². The number of para-hydroxylation sites is 2. The summed E-state index contributed by atoms with van der Waals surface area (Å²) in [7, 11) is 1.58. The molecule has 5 heteroatoms. The predicted molar refractivity (Wildman–Crippen MR) is 73.4 cm³/mol. The quantitative estimate of drug-likeness (QED) is 0.884. The van der Waals surface area contributed by atoms with Crippen molar-refractivity contribution in [3.05, 3.63) is 41.2 Å². The number of rotatable bonds is 4. The highest BCUT2D eigenvalue weighted by molar-refractivity contribution is 5.93. The number of amides is 1. The Kier molecular flexibility index (Phi) is 3.85. The first-order valence-corrected chi connectivity index (χ1v) is 6.05. The first-order chi connectivity index (χ1) is 9.11. The van der Waals surface area contributed by atoms with Crippen molar-refractivity contribution < 1.29 is 9.53 Å². The standard InChI is InChI=1S/C14H17N3O2/c1-9-11(10(2)17-16-9)8-14(18)15-12-6-4-5-7-13(12)19-3/h4-7H,8H2,1-3H3,(H,15,18)(H,16,17). The molecule has 1 amide bonds. The molecule has 19 heavy (non-hydrogen) atoms. The van der Waals surface area contributed by atoms with Gasteiger partial charge in [-0.25, -0.2) is 0 Å². The molecule has 0 aliphatic carbocycles. The number of nitrogens with zero attached hydrogens (tertiary/aromatic N) is 1. The number of anilines is 1. The lowest BCUT2D eigenvalue weighted by Crippen LogP contribution is -2.15. The maximum absolute atomic E-state index is 12.0. The van der Waals surface area contributed by atoms with E-state index in [2.05, 4.69) is 15.5 Å². The molecule has 1 heterocycles. The number of ether oxygens (including phenoxy) is 1. The Morgan fingerprint density at radius 1 is 1.37 bits per heavy atom. The molecule has 0 saturated carbocycles. The molecule has 5 nitrogen and oxygen atoms in total. The molecule has 1 aromatic heterocycles. The lowest BCUT2D eigenvalue weighted by atomic mass is 10.1. The van der Waals surface area contributed by atoms with E-state index in [4.69, 9.17) is 4.74 Å². The normalized spacial score (nSPS) is 10.3. The number of hydrogen-bond donors (Lipinski definition) is 2. The number of methoxy groups -OCH3 is 1. The van der Waals surface area contributed by atoms with Gasteiger partial charge in [-0.2, -0.15) is 5.10 Å². The summed E-state index contributed by atoms with van der Waals surface area (Å²) in [5, 5.41) is 9.80. The Hall–Kier alpha value is -2.30. The number of hydrogen-bond acceptors (Lipinski definition) is 3. The zero-order valence-electron chi connectivity index (χ0n) is 11.3. The molecule has 0 atom stereocenters. The third-order valence-corrected chi connectivity index (χ3v) is 3.00. The summed E-state index contributed by atoms with van der Waals surface area (Å²) in [4.78, 5) is 12.0. The first-order valence-electron chi connectivity index (χ1n) is 6.05. The van der Waals surface area contributed by atoms with Crippen LogP contribution in [0.5, 0.6) is 5.75 Å². The molecule has 0 bridgehead atoms. The zero-order valence-corrected chi connectivity index (χ0v) is 11.3. The van der Waals surface area contributed by atoms with Crippen molar-refractivity contribution in [3.63, 3.8) is 0 Å². The molecule has 2 aromatic rings. The monoisotopic (exact) mass is 259 g/mol. The van der Waals surface area contributed by atoms with Crippen molar-refractivity contribution in [2.24, 2.45) is 0 Å². The van der Waals surface area contributed by atoms with E-state index in [1.807, 2.05) is 38.1 Å². The molecular formula is C14H17N3O2. The fourth-order valence-corrected chi connectivity index (χ4v) is 1.94. The molecule has 1 aromatic carbocycles. The number of aromatic nitrogens is 2. The Labute approximate surface area is 112 Å².